The number of hydrogen-bond donors (Lipinski definition) is 1. The first-order valence-electron chi connectivity index (χ1n) is 6.96. The predicted octanol–water partition coefficient (Wildman–Crippen LogP) is 4.31. The Morgan fingerprint density at radius 2 is 1.86 bits per heavy atom. The molecule has 110 valence electrons. The molecule has 1 aliphatic heterocycles. The van der Waals surface area contributed by atoms with Crippen molar-refractivity contribution in [3.8, 4) is 0 Å². The fourth-order valence-corrected chi connectivity index (χ4v) is 4.02. The quantitative estimate of drug-likeness (QED) is 0.676. The van der Waals surface area contributed by atoms with E-state index in [0.29, 0.717) is 5.02 Å². The van der Waals surface area contributed by atoms with Gasteiger partial charge >= 0.3 is 0 Å². The number of hydrogen-bond acceptors (Lipinski definition) is 3. The number of nitrogens with zero attached hydrogens (tertiary/aromatic N) is 1. The van der Waals surface area contributed by atoms with Crippen molar-refractivity contribution in [2.24, 2.45) is 7.05 Å². The molecule has 5 heteroatoms. The minimum atomic E-state index is -0.0268. The minimum absolute atomic E-state index is 0.0268. The molecule has 0 saturated heterocycles. The van der Waals surface area contributed by atoms with E-state index in [9.17, 15) is 4.79 Å². The normalized spacial score (nSPS) is 17.7. The first-order chi connectivity index (χ1) is 10.7. The summed E-state index contributed by atoms with van der Waals surface area (Å²) in [6.45, 7) is 0. The van der Waals surface area contributed by atoms with E-state index < -0.39 is 0 Å². The maximum absolute atomic E-state index is 12.4. The molecule has 1 unspecified atom stereocenters. The maximum Gasteiger partial charge on any atom is 0.250 e. The van der Waals surface area contributed by atoms with Crippen molar-refractivity contribution in [3.63, 3.8) is 0 Å². The van der Waals surface area contributed by atoms with Gasteiger partial charge in [-0.25, -0.2) is 4.72 Å². The third kappa shape index (κ3) is 1.99. The lowest BCUT2D eigenvalue weighted by Crippen LogP contribution is -2.26. The summed E-state index contributed by atoms with van der Waals surface area (Å²) in [6, 6.07) is 15.9. The van der Waals surface area contributed by atoms with Crippen LogP contribution < -0.4 is 4.72 Å². The van der Waals surface area contributed by atoms with Gasteiger partial charge in [0.2, 0.25) is 0 Å². The zero-order valence-corrected chi connectivity index (χ0v) is 13.4. The highest BCUT2D eigenvalue weighted by Gasteiger charge is 2.32. The van der Waals surface area contributed by atoms with Crippen LogP contribution in [-0.4, -0.2) is 9.68 Å². The number of carbonyl (C=O) groups is 1. The Balaban J connectivity index is 2.00. The third-order valence-corrected chi connectivity index (χ3v) is 5.09. The van der Waals surface area contributed by atoms with Crippen molar-refractivity contribution < 1.29 is 4.79 Å². The summed E-state index contributed by atoms with van der Waals surface area (Å²) < 4.78 is 5.27. The first kappa shape index (κ1) is 13.9. The molecule has 0 bridgehead atoms. The van der Waals surface area contributed by atoms with Crippen LogP contribution in [-0.2, 0) is 7.05 Å². The molecule has 0 radical (unpaired) electrons. The molecule has 1 aromatic heterocycles. The monoisotopic (exact) mass is 328 g/mol. The van der Waals surface area contributed by atoms with E-state index in [0.717, 1.165) is 39.7 Å². The molecule has 1 atom stereocenters. The lowest BCUT2D eigenvalue weighted by Gasteiger charge is -2.24. The van der Waals surface area contributed by atoms with E-state index in [1.54, 1.807) is 0 Å². The number of fused-ring (bicyclic) bond motifs is 3. The van der Waals surface area contributed by atoms with Gasteiger partial charge in [0.15, 0.2) is 0 Å². The van der Waals surface area contributed by atoms with Crippen molar-refractivity contribution in [1.82, 2.24) is 9.29 Å². The second-order valence-corrected chi connectivity index (χ2v) is 6.58. The number of carbonyl (C=O) groups excluding carboxylic acids is 1. The van der Waals surface area contributed by atoms with Gasteiger partial charge < -0.3 is 4.57 Å². The van der Waals surface area contributed by atoms with Gasteiger partial charge in [0.1, 0.15) is 5.69 Å². The summed E-state index contributed by atoms with van der Waals surface area (Å²) in [7, 11) is 1.95. The Morgan fingerprint density at radius 1 is 1.14 bits per heavy atom. The Hall–Kier alpha value is -1.75. The van der Waals surface area contributed by atoms with Crippen molar-refractivity contribution in [2.45, 2.75) is 6.04 Å². The SMILES string of the molecule is Cn1c2c(c3ccccc31)C(c1ccc(Cl)cc1)NSC2=O. The molecule has 4 rings (SSSR count). The van der Waals surface area contributed by atoms with Gasteiger partial charge in [-0.15, -0.1) is 0 Å². The lowest BCUT2D eigenvalue weighted by atomic mass is 9.96. The fraction of sp³-hybridized carbons (Fsp3) is 0.118. The van der Waals surface area contributed by atoms with Gasteiger partial charge in [-0.3, -0.25) is 4.79 Å². The van der Waals surface area contributed by atoms with Gasteiger partial charge in [0.05, 0.1) is 6.04 Å². The van der Waals surface area contributed by atoms with Crippen LogP contribution in [0.3, 0.4) is 0 Å². The van der Waals surface area contributed by atoms with Gasteiger partial charge in [-0.05, 0) is 23.8 Å². The number of para-hydroxylation sites is 1. The van der Waals surface area contributed by atoms with E-state index in [1.807, 2.05) is 54.1 Å². The highest BCUT2D eigenvalue weighted by Crippen LogP contribution is 2.39. The van der Waals surface area contributed by atoms with Crippen LogP contribution in [0.25, 0.3) is 10.9 Å². The van der Waals surface area contributed by atoms with Crippen LogP contribution in [0, 0.1) is 0 Å². The summed E-state index contributed by atoms with van der Waals surface area (Å²) >= 11 is 7.14. The average molecular weight is 329 g/mol. The fourth-order valence-electron chi connectivity index (χ4n) is 3.07. The second kappa shape index (κ2) is 5.16. The summed E-state index contributed by atoms with van der Waals surface area (Å²) in [5.41, 5.74) is 3.99. The summed E-state index contributed by atoms with van der Waals surface area (Å²) in [6.07, 6.45) is 0. The Bertz CT molecular complexity index is 886. The van der Waals surface area contributed by atoms with Crippen molar-refractivity contribution >= 4 is 39.6 Å². The number of rotatable bonds is 1. The largest absolute Gasteiger partial charge is 0.340 e. The first-order valence-corrected chi connectivity index (χ1v) is 8.15. The van der Waals surface area contributed by atoms with Crippen LogP contribution in [0.4, 0.5) is 0 Å². The molecule has 0 saturated carbocycles. The van der Waals surface area contributed by atoms with Crippen LogP contribution in [0.5, 0.6) is 0 Å². The average Bonchev–Trinajstić information content (AvgIpc) is 2.84. The van der Waals surface area contributed by atoms with Crippen molar-refractivity contribution in [2.75, 3.05) is 0 Å². The molecular formula is C17H13ClN2OS. The molecule has 3 nitrogen and oxygen atoms in total. The van der Waals surface area contributed by atoms with Gasteiger partial charge in [-0.2, -0.15) is 0 Å². The van der Waals surface area contributed by atoms with Crippen molar-refractivity contribution in [1.29, 1.82) is 0 Å². The maximum atomic E-state index is 12.4. The summed E-state index contributed by atoms with van der Waals surface area (Å²) in [4.78, 5) is 12.4. The highest BCUT2D eigenvalue weighted by molar-refractivity contribution is 8.12. The zero-order valence-electron chi connectivity index (χ0n) is 11.8. The molecule has 0 fully saturated rings. The Kier molecular flexibility index (Phi) is 3.26. The molecule has 3 aromatic rings. The minimum Gasteiger partial charge on any atom is -0.340 e. The predicted molar refractivity (Wildman–Crippen MR) is 91.3 cm³/mol. The van der Waals surface area contributed by atoms with Gasteiger partial charge in [0.25, 0.3) is 5.12 Å². The van der Waals surface area contributed by atoms with E-state index in [1.165, 1.54) is 0 Å². The summed E-state index contributed by atoms with van der Waals surface area (Å²) in [5, 5.41) is 1.88. The molecule has 22 heavy (non-hydrogen) atoms. The van der Waals surface area contributed by atoms with E-state index in [-0.39, 0.29) is 11.2 Å². The summed E-state index contributed by atoms with van der Waals surface area (Å²) in [5.74, 6) is 0. The second-order valence-electron chi connectivity index (χ2n) is 5.33. The standard InChI is InChI=1S/C17H13ClN2OS/c1-20-13-5-3-2-4-12(13)14-15(19-22-17(21)16(14)20)10-6-8-11(18)9-7-10/h2-9,15,19H,1H3. The molecule has 0 spiro atoms. The molecule has 2 aromatic carbocycles. The number of halogens is 1. The molecule has 1 N–H and O–H groups in total. The molecule has 1 aliphatic rings. The van der Waals surface area contributed by atoms with Gasteiger partial charge in [0, 0.05) is 40.5 Å². The Morgan fingerprint density at radius 3 is 2.64 bits per heavy atom. The molecule has 0 aliphatic carbocycles. The van der Waals surface area contributed by atoms with Crippen LogP contribution >= 0.6 is 23.5 Å². The smallest absolute Gasteiger partial charge is 0.250 e. The van der Waals surface area contributed by atoms with Crippen LogP contribution in [0.1, 0.15) is 27.7 Å². The van der Waals surface area contributed by atoms with E-state index in [4.69, 9.17) is 11.6 Å². The van der Waals surface area contributed by atoms with E-state index >= 15 is 0 Å². The van der Waals surface area contributed by atoms with Crippen molar-refractivity contribution in [3.05, 3.63) is 70.4 Å². The number of benzene rings is 2. The highest BCUT2D eigenvalue weighted by atomic mass is 35.5. The Labute approximate surface area is 137 Å². The zero-order chi connectivity index (χ0) is 15.3. The topological polar surface area (TPSA) is 34.0 Å². The van der Waals surface area contributed by atoms with Gasteiger partial charge in [-0.1, -0.05) is 41.9 Å². The molecule has 0 amide bonds. The molecule has 2 heterocycles. The van der Waals surface area contributed by atoms with Crippen LogP contribution in [0.15, 0.2) is 48.5 Å². The lowest BCUT2D eigenvalue weighted by molar-refractivity contribution is 0.107. The number of aromatic nitrogens is 1. The number of aryl methyl sites for hydroxylation is 1. The number of nitrogens with one attached hydrogen (secondary N) is 1. The van der Waals surface area contributed by atoms with E-state index in [2.05, 4.69) is 10.8 Å². The molecular weight excluding hydrogens is 316 g/mol. The van der Waals surface area contributed by atoms with Crippen LogP contribution in [0.2, 0.25) is 5.02 Å². The third-order valence-electron chi connectivity index (χ3n) is 4.10.